The number of rotatable bonds is 2. The Morgan fingerprint density at radius 3 is 3.00 bits per heavy atom. The maximum absolute atomic E-state index is 11.3. The zero-order valence-electron chi connectivity index (χ0n) is 8.95. The largest absolute Gasteiger partial charge is 0.355 e. The number of amides is 1. The first-order valence-electron chi connectivity index (χ1n) is 5.43. The van der Waals surface area contributed by atoms with E-state index in [0.717, 1.165) is 4.47 Å². The van der Waals surface area contributed by atoms with Crippen molar-refractivity contribution in [3.8, 4) is 0 Å². The van der Waals surface area contributed by atoms with Crippen molar-refractivity contribution < 1.29 is 4.79 Å². The zero-order valence-corrected chi connectivity index (χ0v) is 10.5. The van der Waals surface area contributed by atoms with E-state index in [2.05, 4.69) is 33.4 Å². The fraction of sp³-hybridized carbons (Fsp3) is 0.417. The number of benzene rings is 1. The predicted octanol–water partition coefficient (Wildman–Crippen LogP) is 1.63. The molecule has 0 aromatic heterocycles. The summed E-state index contributed by atoms with van der Waals surface area (Å²) in [5, 5.41) is 2.90. The van der Waals surface area contributed by atoms with Crippen molar-refractivity contribution in [2.45, 2.75) is 12.3 Å². The third kappa shape index (κ3) is 2.44. The van der Waals surface area contributed by atoms with Crippen molar-refractivity contribution >= 4 is 21.8 Å². The van der Waals surface area contributed by atoms with Crippen LogP contribution < -0.4 is 11.1 Å². The van der Waals surface area contributed by atoms with Crippen LogP contribution in [-0.2, 0) is 4.79 Å². The van der Waals surface area contributed by atoms with Gasteiger partial charge in [0, 0.05) is 23.4 Å². The molecule has 3 N–H and O–H groups in total. The van der Waals surface area contributed by atoms with Crippen LogP contribution in [0.25, 0.3) is 0 Å². The molecule has 1 amide bonds. The van der Waals surface area contributed by atoms with Crippen LogP contribution in [0.1, 0.15) is 17.9 Å². The van der Waals surface area contributed by atoms with Crippen LogP contribution in [0, 0.1) is 5.92 Å². The van der Waals surface area contributed by atoms with E-state index in [9.17, 15) is 4.79 Å². The Bertz CT molecular complexity index is 394. The lowest BCUT2D eigenvalue weighted by atomic mass is 9.81. The molecule has 1 aromatic rings. The van der Waals surface area contributed by atoms with Gasteiger partial charge in [-0.05, 0) is 30.2 Å². The second-order valence-electron chi connectivity index (χ2n) is 4.17. The summed E-state index contributed by atoms with van der Waals surface area (Å²) in [6.07, 6.45) is 0.535. The van der Waals surface area contributed by atoms with Gasteiger partial charge in [-0.15, -0.1) is 0 Å². The summed E-state index contributed by atoms with van der Waals surface area (Å²) < 4.78 is 1.07. The summed E-state index contributed by atoms with van der Waals surface area (Å²) in [4.78, 5) is 11.3. The minimum absolute atomic E-state index is 0.113. The molecule has 1 heterocycles. The summed E-state index contributed by atoms with van der Waals surface area (Å²) in [5.74, 6) is 0.699. The molecule has 4 heteroatoms. The third-order valence-electron chi connectivity index (χ3n) is 3.12. The molecule has 1 aromatic carbocycles. The molecule has 2 unspecified atom stereocenters. The van der Waals surface area contributed by atoms with Gasteiger partial charge in [0.25, 0.3) is 0 Å². The van der Waals surface area contributed by atoms with Gasteiger partial charge in [0.05, 0.1) is 0 Å². The Balaban J connectivity index is 2.22. The molecule has 0 radical (unpaired) electrons. The Morgan fingerprint density at radius 2 is 2.31 bits per heavy atom. The first-order valence-corrected chi connectivity index (χ1v) is 6.22. The monoisotopic (exact) mass is 282 g/mol. The van der Waals surface area contributed by atoms with E-state index in [-0.39, 0.29) is 11.8 Å². The maximum atomic E-state index is 11.3. The van der Waals surface area contributed by atoms with E-state index in [1.54, 1.807) is 0 Å². The van der Waals surface area contributed by atoms with Crippen LogP contribution in [0.2, 0.25) is 0 Å². The van der Waals surface area contributed by atoms with E-state index in [4.69, 9.17) is 5.73 Å². The molecule has 16 heavy (non-hydrogen) atoms. The molecule has 86 valence electrons. The van der Waals surface area contributed by atoms with Crippen LogP contribution >= 0.6 is 15.9 Å². The number of carbonyl (C=O) groups excluding carboxylic acids is 1. The van der Waals surface area contributed by atoms with E-state index >= 15 is 0 Å². The van der Waals surface area contributed by atoms with Crippen LogP contribution in [-0.4, -0.2) is 19.0 Å². The molecule has 3 nitrogen and oxygen atoms in total. The van der Waals surface area contributed by atoms with Gasteiger partial charge >= 0.3 is 0 Å². The topological polar surface area (TPSA) is 55.1 Å². The molecule has 1 saturated heterocycles. The van der Waals surface area contributed by atoms with Gasteiger partial charge in [0.15, 0.2) is 0 Å². The number of hydrogen-bond donors (Lipinski definition) is 2. The van der Waals surface area contributed by atoms with Crippen LogP contribution in [0.15, 0.2) is 28.7 Å². The molecule has 1 fully saturated rings. The first-order chi connectivity index (χ1) is 7.70. The van der Waals surface area contributed by atoms with Crippen LogP contribution in [0.5, 0.6) is 0 Å². The highest BCUT2D eigenvalue weighted by atomic mass is 79.9. The number of nitrogens with one attached hydrogen (secondary N) is 1. The van der Waals surface area contributed by atoms with Gasteiger partial charge in [-0.2, -0.15) is 0 Å². The summed E-state index contributed by atoms with van der Waals surface area (Å²) in [6.45, 7) is 1.25. The normalized spacial score (nSPS) is 25.2. The SMILES string of the molecule is NCC1CC(=O)NCC1c1cccc(Br)c1. The molecule has 2 atom stereocenters. The quantitative estimate of drug-likeness (QED) is 0.866. The Hall–Kier alpha value is -0.870. The summed E-state index contributed by atoms with van der Waals surface area (Å²) >= 11 is 3.46. The molecule has 0 bridgehead atoms. The van der Waals surface area contributed by atoms with E-state index in [1.165, 1.54) is 5.56 Å². The Labute approximate surface area is 104 Å². The van der Waals surface area contributed by atoms with Gasteiger partial charge < -0.3 is 11.1 Å². The van der Waals surface area contributed by atoms with Gasteiger partial charge in [0.1, 0.15) is 0 Å². The fourth-order valence-electron chi connectivity index (χ4n) is 2.22. The second kappa shape index (κ2) is 4.97. The second-order valence-corrected chi connectivity index (χ2v) is 5.08. The number of hydrogen-bond acceptors (Lipinski definition) is 2. The third-order valence-corrected chi connectivity index (χ3v) is 3.61. The van der Waals surface area contributed by atoms with Gasteiger partial charge in [-0.25, -0.2) is 0 Å². The fourth-order valence-corrected chi connectivity index (χ4v) is 2.63. The average molecular weight is 283 g/mol. The Kier molecular flexibility index (Phi) is 3.61. The zero-order chi connectivity index (χ0) is 11.5. The number of carbonyl (C=O) groups is 1. The molecule has 0 aliphatic carbocycles. The minimum Gasteiger partial charge on any atom is -0.355 e. The molecule has 2 rings (SSSR count). The highest BCUT2D eigenvalue weighted by Crippen LogP contribution is 2.30. The summed E-state index contributed by atoms with van der Waals surface area (Å²) in [6, 6.07) is 8.21. The van der Waals surface area contributed by atoms with Crippen LogP contribution in [0.4, 0.5) is 0 Å². The van der Waals surface area contributed by atoms with Crippen molar-refractivity contribution in [3.05, 3.63) is 34.3 Å². The van der Waals surface area contributed by atoms with Gasteiger partial charge in [-0.3, -0.25) is 4.79 Å². The highest BCUT2D eigenvalue weighted by molar-refractivity contribution is 9.10. The Morgan fingerprint density at radius 1 is 1.50 bits per heavy atom. The number of piperidine rings is 1. The lowest BCUT2D eigenvalue weighted by Gasteiger charge is -2.31. The molecule has 1 aliphatic rings. The summed E-state index contributed by atoms with van der Waals surface area (Å²) in [5.41, 5.74) is 6.98. The van der Waals surface area contributed by atoms with E-state index in [1.807, 2.05) is 12.1 Å². The lowest BCUT2D eigenvalue weighted by molar-refractivity contribution is -0.123. The van der Waals surface area contributed by atoms with Crippen molar-refractivity contribution in [3.63, 3.8) is 0 Å². The van der Waals surface area contributed by atoms with Crippen molar-refractivity contribution in [1.82, 2.24) is 5.32 Å². The maximum Gasteiger partial charge on any atom is 0.220 e. The predicted molar refractivity (Wildman–Crippen MR) is 67.1 cm³/mol. The molecular formula is C12H15BrN2O. The van der Waals surface area contributed by atoms with Gasteiger partial charge in [0.2, 0.25) is 5.91 Å². The highest BCUT2D eigenvalue weighted by Gasteiger charge is 2.29. The van der Waals surface area contributed by atoms with Gasteiger partial charge in [-0.1, -0.05) is 28.1 Å². The average Bonchev–Trinajstić information content (AvgIpc) is 2.28. The summed E-state index contributed by atoms with van der Waals surface area (Å²) in [7, 11) is 0. The molecule has 0 spiro atoms. The number of nitrogens with two attached hydrogens (primary N) is 1. The van der Waals surface area contributed by atoms with Crippen molar-refractivity contribution in [2.24, 2.45) is 11.7 Å². The standard InChI is InChI=1S/C12H15BrN2O/c13-10-3-1-2-8(4-10)11-7-15-12(16)5-9(11)6-14/h1-4,9,11H,5-7,14H2,(H,15,16). The smallest absolute Gasteiger partial charge is 0.220 e. The van der Waals surface area contributed by atoms with E-state index < -0.39 is 0 Å². The molecular weight excluding hydrogens is 268 g/mol. The van der Waals surface area contributed by atoms with Crippen molar-refractivity contribution in [2.75, 3.05) is 13.1 Å². The number of halogens is 1. The lowest BCUT2D eigenvalue weighted by Crippen LogP contribution is -2.42. The molecule has 1 aliphatic heterocycles. The van der Waals surface area contributed by atoms with E-state index in [0.29, 0.717) is 25.4 Å². The molecule has 0 saturated carbocycles. The first kappa shape index (κ1) is 11.6. The van der Waals surface area contributed by atoms with Crippen LogP contribution in [0.3, 0.4) is 0 Å². The van der Waals surface area contributed by atoms with Crippen molar-refractivity contribution in [1.29, 1.82) is 0 Å². The minimum atomic E-state index is 0.113.